The Hall–Kier alpha value is -1.50. The van der Waals surface area contributed by atoms with Crippen molar-refractivity contribution in [1.29, 1.82) is 0 Å². The van der Waals surface area contributed by atoms with Crippen LogP contribution in [0.1, 0.15) is 25.3 Å². The predicted molar refractivity (Wildman–Crippen MR) is 70.8 cm³/mol. The fourth-order valence-electron chi connectivity index (χ4n) is 2.16. The summed E-state index contributed by atoms with van der Waals surface area (Å²) >= 11 is 0. The van der Waals surface area contributed by atoms with E-state index in [2.05, 4.69) is 15.6 Å². The molecule has 20 heavy (non-hydrogen) atoms. The maximum Gasteiger partial charge on any atom is 0.416 e. The quantitative estimate of drug-likeness (QED) is 0.874. The van der Waals surface area contributed by atoms with Gasteiger partial charge in [-0.1, -0.05) is 0 Å². The van der Waals surface area contributed by atoms with Gasteiger partial charge < -0.3 is 15.4 Å². The lowest BCUT2D eigenvalue weighted by Crippen LogP contribution is -2.41. The number of aromatic nitrogens is 1. The number of nitrogens with zero attached hydrogens (tertiary/aromatic N) is 1. The van der Waals surface area contributed by atoms with Crippen LogP contribution in [0.2, 0.25) is 0 Å². The molecule has 112 valence electrons. The van der Waals surface area contributed by atoms with Crippen molar-refractivity contribution >= 4 is 11.6 Å². The first-order valence-electron chi connectivity index (χ1n) is 6.57. The summed E-state index contributed by atoms with van der Waals surface area (Å²) in [5.74, 6) is 0.437. The molecule has 0 spiro atoms. The molecule has 0 aliphatic heterocycles. The molecule has 1 fully saturated rings. The van der Waals surface area contributed by atoms with E-state index < -0.39 is 11.7 Å². The van der Waals surface area contributed by atoms with E-state index in [9.17, 15) is 13.2 Å². The minimum absolute atomic E-state index is 0.118. The Balaban J connectivity index is 2.05. The van der Waals surface area contributed by atoms with E-state index in [1.54, 1.807) is 7.05 Å². The van der Waals surface area contributed by atoms with Crippen molar-refractivity contribution in [1.82, 2.24) is 4.98 Å². The molecule has 0 unspecified atom stereocenters. The first-order chi connectivity index (χ1) is 9.42. The van der Waals surface area contributed by atoms with Gasteiger partial charge in [0, 0.05) is 19.7 Å². The third kappa shape index (κ3) is 3.53. The van der Waals surface area contributed by atoms with Gasteiger partial charge in [-0.2, -0.15) is 13.2 Å². The molecule has 0 radical (unpaired) electrons. The van der Waals surface area contributed by atoms with Crippen LogP contribution in [-0.2, 0) is 10.9 Å². The highest BCUT2D eigenvalue weighted by Crippen LogP contribution is 2.33. The minimum Gasteiger partial charge on any atom is -0.378 e. The second kappa shape index (κ2) is 5.87. The summed E-state index contributed by atoms with van der Waals surface area (Å²) in [5.41, 5.74) is -0.708. The number of anilines is 2. The van der Waals surface area contributed by atoms with Crippen LogP contribution in [0.25, 0.3) is 0 Å². The summed E-state index contributed by atoms with van der Waals surface area (Å²) < 4.78 is 43.7. The number of halogens is 3. The average molecular weight is 289 g/mol. The standard InChI is InChI=1S/C13H18F3N3O/c1-3-20-10-6-9(7-10)18-12-5-8(13(14,15)16)4-11(17-2)19-12/h4-5,9-10H,3,6-7H2,1-2H3,(H2,17,18,19). The van der Waals surface area contributed by atoms with Crippen molar-refractivity contribution < 1.29 is 17.9 Å². The van der Waals surface area contributed by atoms with Crippen LogP contribution in [0.4, 0.5) is 24.8 Å². The SMILES string of the molecule is CCOC1CC(Nc2cc(C(F)(F)F)cc(NC)n2)C1. The van der Waals surface area contributed by atoms with Crippen LogP contribution in [0, 0.1) is 0 Å². The number of nitrogens with one attached hydrogen (secondary N) is 2. The third-order valence-corrected chi connectivity index (χ3v) is 3.26. The Labute approximate surface area is 115 Å². The minimum atomic E-state index is -4.38. The van der Waals surface area contributed by atoms with Gasteiger partial charge in [-0.3, -0.25) is 0 Å². The van der Waals surface area contributed by atoms with Crippen LogP contribution < -0.4 is 10.6 Å². The van der Waals surface area contributed by atoms with Gasteiger partial charge in [0.2, 0.25) is 0 Å². The van der Waals surface area contributed by atoms with Crippen LogP contribution in [0.15, 0.2) is 12.1 Å². The smallest absolute Gasteiger partial charge is 0.378 e. The zero-order valence-electron chi connectivity index (χ0n) is 11.4. The summed E-state index contributed by atoms with van der Waals surface area (Å²) in [7, 11) is 1.54. The molecule has 1 saturated carbocycles. The van der Waals surface area contributed by atoms with Crippen molar-refractivity contribution in [2.45, 2.75) is 38.1 Å². The number of hydrogen-bond acceptors (Lipinski definition) is 4. The Morgan fingerprint density at radius 3 is 2.50 bits per heavy atom. The van der Waals surface area contributed by atoms with Gasteiger partial charge in [-0.05, 0) is 31.9 Å². The number of rotatable bonds is 5. The van der Waals surface area contributed by atoms with E-state index in [-0.39, 0.29) is 23.8 Å². The van der Waals surface area contributed by atoms with Crippen molar-refractivity contribution in [3.8, 4) is 0 Å². The van der Waals surface area contributed by atoms with Gasteiger partial charge in [0.05, 0.1) is 11.7 Å². The molecule has 7 heteroatoms. The van der Waals surface area contributed by atoms with Gasteiger partial charge in [0.25, 0.3) is 0 Å². The number of hydrogen-bond donors (Lipinski definition) is 2. The van der Waals surface area contributed by atoms with Crippen molar-refractivity contribution in [2.24, 2.45) is 0 Å². The lowest BCUT2D eigenvalue weighted by Gasteiger charge is -2.35. The highest BCUT2D eigenvalue weighted by Gasteiger charge is 2.33. The molecule has 0 atom stereocenters. The lowest BCUT2D eigenvalue weighted by molar-refractivity contribution is -0.137. The molecular formula is C13H18F3N3O. The van der Waals surface area contributed by atoms with Gasteiger partial charge in [-0.15, -0.1) is 0 Å². The lowest BCUT2D eigenvalue weighted by atomic mass is 9.89. The first kappa shape index (κ1) is 14.9. The molecule has 0 bridgehead atoms. The fourth-order valence-corrected chi connectivity index (χ4v) is 2.16. The molecule has 0 amide bonds. The van der Waals surface area contributed by atoms with Crippen molar-refractivity contribution in [2.75, 3.05) is 24.3 Å². The van der Waals surface area contributed by atoms with Gasteiger partial charge in [0.1, 0.15) is 11.6 Å². The normalized spacial score (nSPS) is 22.2. The second-order valence-electron chi connectivity index (χ2n) is 4.76. The summed E-state index contributed by atoms with van der Waals surface area (Å²) in [6.45, 7) is 2.58. The zero-order valence-corrected chi connectivity index (χ0v) is 11.4. The molecule has 1 heterocycles. The molecular weight excluding hydrogens is 271 g/mol. The van der Waals surface area contributed by atoms with Gasteiger partial charge in [-0.25, -0.2) is 4.98 Å². The molecule has 2 N–H and O–H groups in total. The van der Waals surface area contributed by atoms with E-state index in [4.69, 9.17) is 4.74 Å². The summed E-state index contributed by atoms with van der Waals surface area (Å²) in [4.78, 5) is 4.10. The fraction of sp³-hybridized carbons (Fsp3) is 0.615. The molecule has 0 saturated heterocycles. The highest BCUT2D eigenvalue weighted by molar-refractivity contribution is 5.50. The highest BCUT2D eigenvalue weighted by atomic mass is 19.4. The summed E-state index contributed by atoms with van der Waals surface area (Å²) in [5, 5.41) is 5.67. The monoisotopic (exact) mass is 289 g/mol. The Bertz CT molecular complexity index is 459. The third-order valence-electron chi connectivity index (χ3n) is 3.26. The van der Waals surface area contributed by atoms with E-state index in [1.165, 1.54) is 0 Å². The van der Waals surface area contributed by atoms with E-state index in [0.29, 0.717) is 6.61 Å². The van der Waals surface area contributed by atoms with Crippen LogP contribution in [0.5, 0.6) is 0 Å². The van der Waals surface area contributed by atoms with Crippen LogP contribution in [-0.4, -0.2) is 30.8 Å². The Morgan fingerprint density at radius 2 is 1.95 bits per heavy atom. The summed E-state index contributed by atoms with van der Waals surface area (Å²) in [6.07, 6.45) is -2.59. The molecule has 2 rings (SSSR count). The van der Waals surface area contributed by atoms with Gasteiger partial charge in [0.15, 0.2) is 0 Å². The van der Waals surface area contributed by atoms with Crippen molar-refractivity contribution in [3.05, 3.63) is 17.7 Å². The molecule has 4 nitrogen and oxygen atoms in total. The van der Waals surface area contributed by atoms with E-state index in [1.807, 2.05) is 6.92 Å². The summed E-state index contributed by atoms with van der Waals surface area (Å²) in [6, 6.07) is 2.15. The number of pyridine rings is 1. The molecule has 0 aromatic carbocycles. The Kier molecular flexibility index (Phi) is 4.37. The molecule has 1 aliphatic carbocycles. The molecule has 1 aliphatic rings. The van der Waals surface area contributed by atoms with Crippen LogP contribution in [0.3, 0.4) is 0 Å². The molecule has 1 aromatic rings. The number of alkyl halides is 3. The second-order valence-corrected chi connectivity index (χ2v) is 4.76. The maximum absolute atomic E-state index is 12.8. The first-order valence-corrected chi connectivity index (χ1v) is 6.57. The maximum atomic E-state index is 12.8. The van der Waals surface area contributed by atoms with E-state index in [0.717, 1.165) is 25.0 Å². The molecule has 1 aromatic heterocycles. The zero-order chi connectivity index (χ0) is 14.8. The predicted octanol–water partition coefficient (Wildman–Crippen LogP) is 3.12. The average Bonchev–Trinajstić information content (AvgIpc) is 2.35. The topological polar surface area (TPSA) is 46.2 Å². The Morgan fingerprint density at radius 1 is 1.30 bits per heavy atom. The largest absolute Gasteiger partial charge is 0.416 e. The van der Waals surface area contributed by atoms with Crippen molar-refractivity contribution in [3.63, 3.8) is 0 Å². The van der Waals surface area contributed by atoms with E-state index >= 15 is 0 Å². The van der Waals surface area contributed by atoms with Gasteiger partial charge >= 0.3 is 6.18 Å². The number of ether oxygens (including phenoxy) is 1. The van der Waals surface area contributed by atoms with Crippen LogP contribution >= 0.6 is 0 Å².